The van der Waals surface area contributed by atoms with Gasteiger partial charge < -0.3 is 9.47 Å². The van der Waals surface area contributed by atoms with Gasteiger partial charge in [0.25, 0.3) is 0 Å². The van der Waals surface area contributed by atoms with Gasteiger partial charge in [0.15, 0.2) is 0 Å². The van der Waals surface area contributed by atoms with Crippen LogP contribution in [0, 0.1) is 0 Å². The molecule has 1 rings (SSSR count). The SMILES string of the molecule is COC(=O)Cc1cc(OC)c(Br)cc1CBr. The molecular weight excluding hydrogens is 340 g/mol. The van der Waals surface area contributed by atoms with Gasteiger partial charge >= 0.3 is 5.97 Å². The molecule has 0 fully saturated rings. The molecule has 0 saturated heterocycles. The Morgan fingerprint density at radius 1 is 1.31 bits per heavy atom. The van der Waals surface area contributed by atoms with Gasteiger partial charge in [-0.3, -0.25) is 4.79 Å². The minimum Gasteiger partial charge on any atom is -0.496 e. The Labute approximate surface area is 111 Å². The van der Waals surface area contributed by atoms with E-state index in [9.17, 15) is 4.79 Å². The van der Waals surface area contributed by atoms with Crippen LogP contribution in [0.1, 0.15) is 11.1 Å². The molecule has 5 heteroatoms. The molecule has 0 atom stereocenters. The Morgan fingerprint density at radius 3 is 2.50 bits per heavy atom. The average molecular weight is 352 g/mol. The van der Waals surface area contributed by atoms with E-state index < -0.39 is 0 Å². The van der Waals surface area contributed by atoms with Crippen LogP contribution in [0.25, 0.3) is 0 Å². The smallest absolute Gasteiger partial charge is 0.309 e. The van der Waals surface area contributed by atoms with E-state index in [1.165, 1.54) is 7.11 Å². The molecule has 0 aromatic heterocycles. The van der Waals surface area contributed by atoms with Gasteiger partial charge in [0, 0.05) is 5.33 Å². The van der Waals surface area contributed by atoms with Crippen LogP contribution < -0.4 is 4.74 Å². The van der Waals surface area contributed by atoms with Gasteiger partial charge in [0.05, 0.1) is 25.1 Å². The summed E-state index contributed by atoms with van der Waals surface area (Å²) in [6.45, 7) is 0. The number of esters is 1. The maximum Gasteiger partial charge on any atom is 0.309 e. The molecular formula is C11H12Br2O3. The van der Waals surface area contributed by atoms with Gasteiger partial charge in [0.1, 0.15) is 5.75 Å². The number of halogens is 2. The molecule has 0 N–H and O–H groups in total. The topological polar surface area (TPSA) is 35.5 Å². The van der Waals surface area contributed by atoms with Crippen molar-refractivity contribution in [3.63, 3.8) is 0 Å². The van der Waals surface area contributed by atoms with E-state index >= 15 is 0 Å². The number of alkyl halides is 1. The second kappa shape index (κ2) is 6.25. The van der Waals surface area contributed by atoms with Gasteiger partial charge in [0.2, 0.25) is 0 Å². The van der Waals surface area contributed by atoms with Gasteiger partial charge in [-0.05, 0) is 39.2 Å². The molecule has 0 amide bonds. The monoisotopic (exact) mass is 350 g/mol. The lowest BCUT2D eigenvalue weighted by molar-refractivity contribution is -0.139. The van der Waals surface area contributed by atoms with E-state index in [-0.39, 0.29) is 12.4 Å². The van der Waals surface area contributed by atoms with Gasteiger partial charge in [-0.15, -0.1) is 0 Å². The summed E-state index contributed by atoms with van der Waals surface area (Å²) in [5.74, 6) is 0.454. The number of hydrogen-bond donors (Lipinski definition) is 0. The molecule has 0 aliphatic heterocycles. The number of methoxy groups -OCH3 is 2. The maximum absolute atomic E-state index is 11.2. The van der Waals surface area contributed by atoms with Crippen molar-refractivity contribution < 1.29 is 14.3 Å². The molecule has 0 aliphatic rings. The first-order valence-electron chi connectivity index (χ1n) is 4.60. The van der Waals surface area contributed by atoms with Crippen molar-refractivity contribution in [3.8, 4) is 5.75 Å². The fraction of sp³-hybridized carbons (Fsp3) is 0.364. The number of ether oxygens (including phenoxy) is 2. The lowest BCUT2D eigenvalue weighted by Crippen LogP contribution is -2.07. The second-order valence-corrected chi connectivity index (χ2v) is 4.56. The molecule has 0 bridgehead atoms. The first-order valence-corrected chi connectivity index (χ1v) is 6.51. The highest BCUT2D eigenvalue weighted by atomic mass is 79.9. The van der Waals surface area contributed by atoms with Crippen molar-refractivity contribution in [1.82, 2.24) is 0 Å². The Hall–Kier alpha value is -0.550. The van der Waals surface area contributed by atoms with E-state index in [1.54, 1.807) is 7.11 Å². The fourth-order valence-electron chi connectivity index (χ4n) is 1.31. The molecule has 0 saturated carbocycles. The lowest BCUT2D eigenvalue weighted by Gasteiger charge is -2.10. The summed E-state index contributed by atoms with van der Waals surface area (Å²) in [6.07, 6.45) is 0.251. The third-order valence-corrected chi connectivity index (χ3v) is 3.40. The van der Waals surface area contributed by atoms with Crippen LogP contribution >= 0.6 is 31.9 Å². The molecule has 3 nitrogen and oxygen atoms in total. The van der Waals surface area contributed by atoms with Crippen LogP contribution in [0.3, 0.4) is 0 Å². The molecule has 0 spiro atoms. The van der Waals surface area contributed by atoms with Crippen molar-refractivity contribution in [2.45, 2.75) is 11.8 Å². The third-order valence-electron chi connectivity index (χ3n) is 2.18. The summed E-state index contributed by atoms with van der Waals surface area (Å²) in [4.78, 5) is 11.2. The van der Waals surface area contributed by atoms with Crippen LogP contribution in [0.5, 0.6) is 5.75 Å². The molecule has 16 heavy (non-hydrogen) atoms. The average Bonchev–Trinajstić information content (AvgIpc) is 2.30. The summed E-state index contributed by atoms with van der Waals surface area (Å²) < 4.78 is 10.7. The molecule has 0 aliphatic carbocycles. The number of carbonyl (C=O) groups excluding carboxylic acids is 1. The summed E-state index contributed by atoms with van der Waals surface area (Å²) in [5, 5.41) is 0.682. The zero-order valence-corrected chi connectivity index (χ0v) is 12.2. The standard InChI is InChI=1S/C11H12Br2O3/c1-15-10-4-7(5-11(14)16-2)8(6-12)3-9(10)13/h3-4H,5-6H2,1-2H3. The Bertz CT molecular complexity index is 391. The van der Waals surface area contributed by atoms with Crippen molar-refractivity contribution in [2.75, 3.05) is 14.2 Å². The second-order valence-electron chi connectivity index (χ2n) is 3.14. The first-order chi connectivity index (χ1) is 7.62. The minimum absolute atomic E-state index is 0.251. The molecule has 88 valence electrons. The predicted molar refractivity (Wildman–Crippen MR) is 69.0 cm³/mol. The largest absolute Gasteiger partial charge is 0.496 e. The fourth-order valence-corrected chi connectivity index (χ4v) is 2.38. The summed E-state index contributed by atoms with van der Waals surface area (Å²) in [5.41, 5.74) is 1.95. The van der Waals surface area contributed by atoms with E-state index in [2.05, 4.69) is 36.6 Å². The molecule has 0 unspecified atom stereocenters. The highest BCUT2D eigenvalue weighted by Gasteiger charge is 2.11. The molecule has 0 heterocycles. The van der Waals surface area contributed by atoms with E-state index in [0.717, 1.165) is 15.6 Å². The minimum atomic E-state index is -0.258. The molecule has 1 aromatic carbocycles. The Kier molecular flexibility index (Phi) is 5.28. The number of rotatable bonds is 4. The van der Waals surface area contributed by atoms with Crippen molar-refractivity contribution >= 4 is 37.8 Å². The Morgan fingerprint density at radius 2 is 2.00 bits per heavy atom. The quantitative estimate of drug-likeness (QED) is 0.617. The zero-order chi connectivity index (χ0) is 12.1. The molecule has 0 radical (unpaired) electrons. The van der Waals surface area contributed by atoms with Gasteiger partial charge in [-0.25, -0.2) is 0 Å². The van der Waals surface area contributed by atoms with Crippen LogP contribution in [-0.2, 0) is 21.3 Å². The number of hydrogen-bond acceptors (Lipinski definition) is 3. The molecule has 1 aromatic rings. The van der Waals surface area contributed by atoms with Crippen LogP contribution in [0.4, 0.5) is 0 Å². The predicted octanol–water partition coefficient (Wildman–Crippen LogP) is 3.07. The van der Waals surface area contributed by atoms with Crippen molar-refractivity contribution in [1.29, 1.82) is 0 Å². The first kappa shape index (κ1) is 13.5. The van der Waals surface area contributed by atoms with E-state index in [1.807, 2.05) is 12.1 Å². The highest BCUT2D eigenvalue weighted by Crippen LogP contribution is 2.30. The zero-order valence-electron chi connectivity index (χ0n) is 9.05. The maximum atomic E-state index is 11.2. The van der Waals surface area contributed by atoms with Crippen LogP contribution in [-0.4, -0.2) is 20.2 Å². The van der Waals surface area contributed by atoms with Crippen molar-refractivity contribution in [3.05, 3.63) is 27.7 Å². The van der Waals surface area contributed by atoms with Gasteiger partial charge in [-0.2, -0.15) is 0 Å². The Balaban J connectivity index is 3.09. The number of benzene rings is 1. The normalized spacial score (nSPS) is 10.0. The lowest BCUT2D eigenvalue weighted by atomic mass is 10.1. The van der Waals surface area contributed by atoms with Crippen molar-refractivity contribution in [2.24, 2.45) is 0 Å². The van der Waals surface area contributed by atoms with E-state index in [0.29, 0.717) is 11.1 Å². The summed E-state index contributed by atoms with van der Waals surface area (Å²) in [7, 11) is 2.97. The van der Waals surface area contributed by atoms with Crippen LogP contribution in [0.15, 0.2) is 16.6 Å². The third kappa shape index (κ3) is 3.22. The van der Waals surface area contributed by atoms with E-state index in [4.69, 9.17) is 4.74 Å². The summed E-state index contributed by atoms with van der Waals surface area (Å²) in [6, 6.07) is 3.78. The van der Waals surface area contributed by atoms with Crippen LogP contribution in [0.2, 0.25) is 0 Å². The summed E-state index contributed by atoms with van der Waals surface area (Å²) >= 11 is 6.79. The van der Waals surface area contributed by atoms with Gasteiger partial charge in [-0.1, -0.05) is 15.9 Å². The number of carbonyl (C=O) groups is 1. The highest BCUT2D eigenvalue weighted by molar-refractivity contribution is 9.10.